The van der Waals surface area contributed by atoms with Crippen molar-refractivity contribution in [2.24, 2.45) is 5.41 Å². The monoisotopic (exact) mass is 340 g/mol. The zero-order valence-electron chi connectivity index (χ0n) is 9.62. The molecule has 1 saturated carbocycles. The molecule has 0 saturated heterocycles. The molecule has 1 aliphatic rings. The van der Waals surface area contributed by atoms with E-state index in [0.717, 1.165) is 19.3 Å². The third-order valence-electron chi connectivity index (χ3n) is 3.09. The van der Waals surface area contributed by atoms with Gasteiger partial charge in [0.1, 0.15) is 0 Å². The van der Waals surface area contributed by atoms with Gasteiger partial charge in [-0.1, -0.05) is 35.4 Å². The molecule has 0 aromatic heterocycles. The molecule has 92 valence electrons. The number of carbonyl (C=O) groups excluding carboxylic acids is 2. The van der Waals surface area contributed by atoms with Gasteiger partial charge in [-0.15, -0.1) is 0 Å². The Labute approximate surface area is 109 Å². The van der Waals surface area contributed by atoms with Gasteiger partial charge in [0, 0.05) is 3.92 Å². The minimum absolute atomic E-state index is 0.318. The van der Waals surface area contributed by atoms with Crippen LogP contribution in [0, 0.1) is 5.41 Å². The second-order valence-electron chi connectivity index (χ2n) is 4.11. The predicted molar refractivity (Wildman–Crippen MR) is 67.4 cm³/mol. The van der Waals surface area contributed by atoms with Crippen LogP contribution in [0.4, 0.5) is 0 Å². The Bertz CT molecular complexity index is 261. The van der Waals surface area contributed by atoms with Crippen LogP contribution in [0.25, 0.3) is 0 Å². The summed E-state index contributed by atoms with van der Waals surface area (Å²) >= 11 is 2.29. The second-order valence-corrected chi connectivity index (χ2v) is 5.87. The van der Waals surface area contributed by atoms with Crippen LogP contribution in [0.5, 0.6) is 0 Å². The summed E-state index contributed by atoms with van der Waals surface area (Å²) in [7, 11) is 2.64. The Morgan fingerprint density at radius 3 is 2.25 bits per heavy atom. The molecule has 0 aliphatic heterocycles. The number of ether oxygens (including phenoxy) is 2. The SMILES string of the molecule is COC(=O)C1(C(=O)OC)CCCCC(I)C1. The quantitative estimate of drug-likeness (QED) is 0.254. The molecular formula is C11H17IO4. The first kappa shape index (κ1) is 13.7. The number of hydrogen-bond acceptors (Lipinski definition) is 4. The van der Waals surface area contributed by atoms with Crippen molar-refractivity contribution in [3.05, 3.63) is 0 Å². The second kappa shape index (κ2) is 5.84. The first-order chi connectivity index (χ1) is 7.56. The van der Waals surface area contributed by atoms with Crippen molar-refractivity contribution < 1.29 is 19.1 Å². The Morgan fingerprint density at radius 2 is 1.75 bits per heavy atom. The molecule has 0 N–H and O–H groups in total. The average molecular weight is 340 g/mol. The van der Waals surface area contributed by atoms with Crippen molar-refractivity contribution in [1.82, 2.24) is 0 Å². The van der Waals surface area contributed by atoms with Crippen molar-refractivity contribution in [2.45, 2.75) is 36.0 Å². The Balaban J connectivity index is 3.00. The third-order valence-corrected chi connectivity index (χ3v) is 4.16. The highest BCUT2D eigenvalue weighted by atomic mass is 127. The Morgan fingerprint density at radius 1 is 1.19 bits per heavy atom. The maximum atomic E-state index is 11.9. The lowest BCUT2D eigenvalue weighted by atomic mass is 9.80. The minimum atomic E-state index is -1.08. The molecule has 4 nitrogen and oxygen atoms in total. The van der Waals surface area contributed by atoms with E-state index in [-0.39, 0.29) is 0 Å². The molecule has 0 aromatic carbocycles. The van der Waals surface area contributed by atoms with E-state index in [9.17, 15) is 9.59 Å². The number of carbonyl (C=O) groups is 2. The number of halogens is 1. The summed E-state index contributed by atoms with van der Waals surface area (Å²) in [5, 5.41) is 0. The maximum absolute atomic E-state index is 11.9. The smallest absolute Gasteiger partial charge is 0.323 e. The number of esters is 2. The summed E-state index contributed by atoms with van der Waals surface area (Å²) in [6.07, 6.45) is 4.00. The van der Waals surface area contributed by atoms with Crippen LogP contribution in [-0.2, 0) is 19.1 Å². The van der Waals surface area contributed by atoms with E-state index < -0.39 is 17.4 Å². The highest BCUT2D eigenvalue weighted by molar-refractivity contribution is 14.1. The summed E-state index contributed by atoms with van der Waals surface area (Å²) < 4.78 is 9.87. The van der Waals surface area contributed by atoms with E-state index in [2.05, 4.69) is 22.6 Å². The molecule has 1 aliphatic carbocycles. The maximum Gasteiger partial charge on any atom is 0.323 e. The lowest BCUT2D eigenvalue weighted by molar-refractivity contribution is -0.170. The first-order valence-corrected chi connectivity index (χ1v) is 6.62. The summed E-state index contributed by atoms with van der Waals surface area (Å²) in [4.78, 5) is 23.7. The van der Waals surface area contributed by atoms with Gasteiger partial charge in [0.2, 0.25) is 0 Å². The van der Waals surface area contributed by atoms with E-state index in [0.29, 0.717) is 16.8 Å². The van der Waals surface area contributed by atoms with E-state index in [1.54, 1.807) is 0 Å². The molecular weight excluding hydrogens is 323 g/mol. The first-order valence-electron chi connectivity index (χ1n) is 5.37. The van der Waals surface area contributed by atoms with E-state index in [1.165, 1.54) is 14.2 Å². The molecule has 0 radical (unpaired) electrons. The van der Waals surface area contributed by atoms with Gasteiger partial charge in [0.05, 0.1) is 14.2 Å². The van der Waals surface area contributed by atoms with Gasteiger partial charge < -0.3 is 9.47 Å². The van der Waals surface area contributed by atoms with Crippen molar-refractivity contribution in [3.63, 3.8) is 0 Å². The predicted octanol–water partition coefficient (Wildman–Crippen LogP) is 2.09. The van der Waals surface area contributed by atoms with Crippen molar-refractivity contribution in [3.8, 4) is 0 Å². The van der Waals surface area contributed by atoms with Gasteiger partial charge in [-0.05, 0) is 19.3 Å². The van der Waals surface area contributed by atoms with Crippen LogP contribution in [0.1, 0.15) is 32.1 Å². The van der Waals surface area contributed by atoms with Gasteiger partial charge in [-0.25, -0.2) is 0 Å². The average Bonchev–Trinajstić information content (AvgIpc) is 2.49. The molecule has 1 atom stereocenters. The molecule has 1 fully saturated rings. The topological polar surface area (TPSA) is 52.6 Å². The molecule has 0 bridgehead atoms. The summed E-state index contributed by atoms with van der Waals surface area (Å²) in [5.41, 5.74) is -1.08. The highest BCUT2D eigenvalue weighted by Crippen LogP contribution is 2.40. The van der Waals surface area contributed by atoms with Crippen LogP contribution >= 0.6 is 22.6 Å². The summed E-state index contributed by atoms with van der Waals surface area (Å²) in [6, 6.07) is 0. The summed E-state index contributed by atoms with van der Waals surface area (Å²) in [6.45, 7) is 0. The lowest BCUT2D eigenvalue weighted by Crippen LogP contribution is -2.42. The largest absolute Gasteiger partial charge is 0.468 e. The van der Waals surface area contributed by atoms with Gasteiger partial charge in [-0.2, -0.15) is 0 Å². The van der Waals surface area contributed by atoms with Crippen LogP contribution < -0.4 is 0 Å². The molecule has 1 rings (SSSR count). The number of methoxy groups -OCH3 is 2. The van der Waals surface area contributed by atoms with Crippen molar-refractivity contribution >= 4 is 34.5 Å². The Kier molecular flexibility index (Phi) is 5.01. The van der Waals surface area contributed by atoms with Gasteiger partial charge >= 0.3 is 11.9 Å². The lowest BCUT2D eigenvalue weighted by Gasteiger charge is -2.27. The van der Waals surface area contributed by atoms with Crippen LogP contribution in [0.3, 0.4) is 0 Å². The van der Waals surface area contributed by atoms with E-state index >= 15 is 0 Å². The fourth-order valence-corrected chi connectivity index (χ4v) is 3.41. The van der Waals surface area contributed by atoms with Gasteiger partial charge in [-0.3, -0.25) is 9.59 Å². The Hall–Kier alpha value is -0.330. The fourth-order valence-electron chi connectivity index (χ4n) is 2.22. The zero-order chi connectivity index (χ0) is 12.2. The molecule has 0 spiro atoms. The molecule has 1 unspecified atom stereocenters. The minimum Gasteiger partial charge on any atom is -0.468 e. The molecule has 0 aromatic rings. The standard InChI is InChI=1S/C11H17IO4/c1-15-9(13)11(10(14)16-2)6-4-3-5-8(12)7-11/h8H,3-7H2,1-2H3. The number of alkyl halides is 1. The van der Waals surface area contributed by atoms with E-state index in [1.807, 2.05) is 0 Å². The fraction of sp³-hybridized carbons (Fsp3) is 0.818. The number of hydrogen-bond donors (Lipinski definition) is 0. The van der Waals surface area contributed by atoms with Crippen molar-refractivity contribution in [2.75, 3.05) is 14.2 Å². The summed E-state index contributed by atoms with van der Waals surface area (Å²) in [5.74, 6) is -0.911. The molecule has 5 heteroatoms. The van der Waals surface area contributed by atoms with Gasteiger partial charge in [0.25, 0.3) is 0 Å². The zero-order valence-corrected chi connectivity index (χ0v) is 11.8. The molecule has 0 amide bonds. The third kappa shape index (κ3) is 2.67. The molecule has 0 heterocycles. The van der Waals surface area contributed by atoms with Crippen molar-refractivity contribution in [1.29, 1.82) is 0 Å². The number of rotatable bonds is 2. The van der Waals surface area contributed by atoms with Gasteiger partial charge in [0.15, 0.2) is 5.41 Å². The van der Waals surface area contributed by atoms with E-state index in [4.69, 9.17) is 9.47 Å². The highest BCUT2D eigenvalue weighted by Gasteiger charge is 2.49. The van der Waals surface area contributed by atoms with Crippen LogP contribution in [-0.4, -0.2) is 30.1 Å². The molecule has 16 heavy (non-hydrogen) atoms. The van der Waals surface area contributed by atoms with Crippen LogP contribution in [0.15, 0.2) is 0 Å². The van der Waals surface area contributed by atoms with Crippen LogP contribution in [0.2, 0.25) is 0 Å². The normalized spacial score (nSPS) is 24.3.